The molecular weight excluding hydrogens is 210 g/mol. The molecule has 0 unspecified atom stereocenters. The van der Waals surface area contributed by atoms with Crippen molar-refractivity contribution in [2.75, 3.05) is 18.0 Å². The van der Waals surface area contributed by atoms with Crippen molar-refractivity contribution < 1.29 is 4.79 Å². The third-order valence-electron chi connectivity index (χ3n) is 2.11. The first-order chi connectivity index (χ1) is 7.22. The van der Waals surface area contributed by atoms with E-state index in [1.165, 1.54) is 0 Å². The predicted octanol–water partition coefficient (Wildman–Crippen LogP) is 2.61. The highest BCUT2D eigenvalue weighted by Crippen LogP contribution is 2.26. The number of carbonyl (C=O) groups excluding carboxylic acids is 1. The molecule has 1 rings (SSSR count). The van der Waals surface area contributed by atoms with E-state index >= 15 is 0 Å². The quantitative estimate of drug-likeness (QED) is 0.576. The van der Waals surface area contributed by atoms with Crippen LogP contribution in [0.4, 0.5) is 5.69 Å². The number of benzene rings is 1. The Balaban J connectivity index is 3.03. The minimum absolute atomic E-state index is 0.511. The van der Waals surface area contributed by atoms with Crippen molar-refractivity contribution in [3.8, 4) is 12.3 Å². The molecule has 0 atom stereocenters. The lowest BCUT2D eigenvalue weighted by molar-refractivity contribution is 0.112. The number of halogens is 1. The number of anilines is 1. The van der Waals surface area contributed by atoms with Gasteiger partial charge >= 0.3 is 0 Å². The summed E-state index contributed by atoms with van der Waals surface area (Å²) in [4.78, 5) is 12.5. The van der Waals surface area contributed by atoms with Crippen molar-refractivity contribution in [2.45, 2.75) is 6.92 Å². The maximum absolute atomic E-state index is 10.5. The van der Waals surface area contributed by atoms with Crippen LogP contribution in [0.1, 0.15) is 17.3 Å². The molecule has 0 heterocycles. The summed E-state index contributed by atoms with van der Waals surface area (Å²) in [6, 6.07) is 5.18. The molecule has 0 amide bonds. The first-order valence-electron chi connectivity index (χ1n) is 4.66. The van der Waals surface area contributed by atoms with Crippen molar-refractivity contribution in [1.82, 2.24) is 0 Å². The van der Waals surface area contributed by atoms with E-state index < -0.39 is 0 Å². The van der Waals surface area contributed by atoms with Gasteiger partial charge in [0.2, 0.25) is 0 Å². The summed E-state index contributed by atoms with van der Waals surface area (Å²) < 4.78 is 0. The topological polar surface area (TPSA) is 20.3 Å². The molecular formula is C12H12ClNO. The summed E-state index contributed by atoms with van der Waals surface area (Å²) in [5, 5.41) is 0.553. The second-order valence-corrected chi connectivity index (χ2v) is 3.45. The van der Waals surface area contributed by atoms with Crippen LogP contribution in [0.5, 0.6) is 0 Å². The molecule has 1 aromatic carbocycles. The third-order valence-corrected chi connectivity index (χ3v) is 2.42. The number of nitrogens with zero attached hydrogens (tertiary/aromatic N) is 1. The van der Waals surface area contributed by atoms with Gasteiger partial charge in [-0.15, -0.1) is 6.42 Å². The first kappa shape index (κ1) is 11.6. The average molecular weight is 222 g/mol. The van der Waals surface area contributed by atoms with Crippen LogP contribution < -0.4 is 4.90 Å². The Bertz CT molecular complexity index is 395. The van der Waals surface area contributed by atoms with E-state index in [4.69, 9.17) is 18.0 Å². The van der Waals surface area contributed by atoms with E-state index in [9.17, 15) is 4.79 Å². The molecule has 15 heavy (non-hydrogen) atoms. The van der Waals surface area contributed by atoms with Gasteiger partial charge in [0.05, 0.1) is 17.3 Å². The van der Waals surface area contributed by atoms with E-state index in [1.807, 2.05) is 17.9 Å². The number of terminal acetylenes is 1. The smallest absolute Gasteiger partial charge is 0.150 e. The Kier molecular flexibility index (Phi) is 4.20. The highest BCUT2D eigenvalue weighted by Gasteiger charge is 2.07. The zero-order chi connectivity index (χ0) is 11.3. The summed E-state index contributed by atoms with van der Waals surface area (Å²) in [5.74, 6) is 2.57. The van der Waals surface area contributed by atoms with Crippen LogP contribution >= 0.6 is 11.6 Å². The summed E-state index contributed by atoms with van der Waals surface area (Å²) in [5.41, 5.74) is 1.43. The van der Waals surface area contributed by atoms with Gasteiger partial charge in [0, 0.05) is 12.1 Å². The maximum Gasteiger partial charge on any atom is 0.150 e. The Labute approximate surface area is 94.8 Å². The number of hydrogen-bond acceptors (Lipinski definition) is 2. The lowest BCUT2D eigenvalue weighted by Gasteiger charge is -2.21. The molecule has 2 nitrogen and oxygen atoms in total. The van der Waals surface area contributed by atoms with Crippen LogP contribution in [0.3, 0.4) is 0 Å². The number of carbonyl (C=O) groups is 1. The summed E-state index contributed by atoms with van der Waals surface area (Å²) in [6.45, 7) is 3.29. The molecule has 0 fully saturated rings. The second-order valence-electron chi connectivity index (χ2n) is 3.05. The highest BCUT2D eigenvalue weighted by molar-refractivity contribution is 6.33. The normalized spacial score (nSPS) is 9.40. The molecule has 0 aliphatic rings. The predicted molar refractivity (Wildman–Crippen MR) is 63.6 cm³/mol. The molecule has 0 aromatic heterocycles. The van der Waals surface area contributed by atoms with E-state index in [0.29, 0.717) is 17.1 Å². The molecule has 0 radical (unpaired) electrons. The molecule has 0 aliphatic heterocycles. The van der Waals surface area contributed by atoms with Gasteiger partial charge in [0.15, 0.2) is 0 Å². The second kappa shape index (κ2) is 5.43. The van der Waals surface area contributed by atoms with Crippen molar-refractivity contribution in [2.24, 2.45) is 0 Å². The highest BCUT2D eigenvalue weighted by atomic mass is 35.5. The standard InChI is InChI=1S/C12H12ClNO/c1-3-7-14(4-2)12-6-5-10(9-15)8-11(12)13/h1,5-6,8-9H,4,7H2,2H3. The van der Waals surface area contributed by atoms with Crippen LogP contribution in [-0.4, -0.2) is 19.4 Å². The summed E-state index contributed by atoms with van der Waals surface area (Å²) >= 11 is 6.05. The summed E-state index contributed by atoms with van der Waals surface area (Å²) in [6.07, 6.45) is 6.03. The van der Waals surface area contributed by atoms with Crippen molar-refractivity contribution >= 4 is 23.6 Å². The largest absolute Gasteiger partial charge is 0.359 e. The van der Waals surface area contributed by atoms with Crippen molar-refractivity contribution in [3.63, 3.8) is 0 Å². The summed E-state index contributed by atoms with van der Waals surface area (Å²) in [7, 11) is 0. The van der Waals surface area contributed by atoms with Crippen LogP contribution in [-0.2, 0) is 0 Å². The Morgan fingerprint density at radius 3 is 2.80 bits per heavy atom. The van der Waals surface area contributed by atoms with Crippen LogP contribution in [0, 0.1) is 12.3 Å². The molecule has 0 bridgehead atoms. The number of aldehydes is 1. The fourth-order valence-electron chi connectivity index (χ4n) is 1.33. The minimum atomic E-state index is 0.511. The Hall–Kier alpha value is -1.46. The average Bonchev–Trinajstić information content (AvgIpc) is 2.26. The number of rotatable bonds is 4. The SMILES string of the molecule is C#CCN(CC)c1ccc(C=O)cc1Cl. The van der Waals surface area contributed by atoms with E-state index in [1.54, 1.807) is 12.1 Å². The van der Waals surface area contributed by atoms with Gasteiger partial charge in [-0.05, 0) is 25.1 Å². The lowest BCUT2D eigenvalue weighted by Crippen LogP contribution is -2.23. The molecule has 0 saturated heterocycles. The van der Waals surface area contributed by atoms with Crippen molar-refractivity contribution in [3.05, 3.63) is 28.8 Å². The van der Waals surface area contributed by atoms with Gasteiger partial charge in [-0.25, -0.2) is 0 Å². The van der Waals surface area contributed by atoms with Gasteiger partial charge < -0.3 is 4.90 Å². The maximum atomic E-state index is 10.5. The zero-order valence-corrected chi connectivity index (χ0v) is 9.29. The molecule has 0 saturated carbocycles. The monoisotopic (exact) mass is 221 g/mol. The van der Waals surface area contributed by atoms with Gasteiger partial charge in [-0.2, -0.15) is 0 Å². The Morgan fingerprint density at radius 2 is 2.33 bits per heavy atom. The molecule has 0 N–H and O–H groups in total. The van der Waals surface area contributed by atoms with E-state index in [0.717, 1.165) is 18.5 Å². The van der Waals surface area contributed by atoms with Crippen LogP contribution in [0.25, 0.3) is 0 Å². The fourth-order valence-corrected chi connectivity index (χ4v) is 1.64. The van der Waals surface area contributed by atoms with Crippen LogP contribution in [0.15, 0.2) is 18.2 Å². The van der Waals surface area contributed by atoms with E-state index in [-0.39, 0.29) is 0 Å². The van der Waals surface area contributed by atoms with Crippen molar-refractivity contribution in [1.29, 1.82) is 0 Å². The van der Waals surface area contributed by atoms with Gasteiger partial charge in [-0.3, -0.25) is 4.79 Å². The van der Waals surface area contributed by atoms with Gasteiger partial charge in [-0.1, -0.05) is 17.5 Å². The molecule has 0 aliphatic carbocycles. The Morgan fingerprint density at radius 1 is 1.60 bits per heavy atom. The molecule has 3 heteroatoms. The van der Waals surface area contributed by atoms with Gasteiger partial charge in [0.1, 0.15) is 6.29 Å². The first-order valence-corrected chi connectivity index (χ1v) is 5.03. The fraction of sp³-hybridized carbons (Fsp3) is 0.250. The molecule has 1 aromatic rings. The van der Waals surface area contributed by atoms with Crippen LogP contribution in [0.2, 0.25) is 5.02 Å². The zero-order valence-electron chi connectivity index (χ0n) is 8.53. The lowest BCUT2D eigenvalue weighted by atomic mass is 10.2. The third kappa shape index (κ3) is 2.74. The number of hydrogen-bond donors (Lipinski definition) is 0. The molecule has 0 spiro atoms. The molecule has 78 valence electrons. The van der Waals surface area contributed by atoms with E-state index in [2.05, 4.69) is 5.92 Å². The minimum Gasteiger partial charge on any atom is -0.359 e. The van der Waals surface area contributed by atoms with Gasteiger partial charge in [0.25, 0.3) is 0 Å².